The fourth-order valence-corrected chi connectivity index (χ4v) is 4.11. The zero-order valence-corrected chi connectivity index (χ0v) is 21.2. The van der Waals surface area contributed by atoms with Crippen LogP contribution < -0.4 is 9.62 Å². The number of carbonyl (C=O) groups is 2. The van der Waals surface area contributed by atoms with E-state index in [0.717, 1.165) is 22.7 Å². The molecule has 0 radical (unpaired) electrons. The van der Waals surface area contributed by atoms with Gasteiger partial charge in [-0.25, -0.2) is 17.2 Å². The third kappa shape index (κ3) is 7.66. The summed E-state index contributed by atoms with van der Waals surface area (Å²) >= 11 is 5.81. The molecule has 0 aliphatic carbocycles. The van der Waals surface area contributed by atoms with Crippen molar-refractivity contribution in [2.75, 3.05) is 17.1 Å². The van der Waals surface area contributed by atoms with E-state index in [4.69, 9.17) is 11.6 Å². The standard InChI is InChI=1S/C23H28ClF2N3O4S/c1-15(22(31)27-23(2,3)4)28(13-16-6-8-17(25)9-7-16)21(30)14-29(34(5,32)33)18-10-11-20(26)19(24)12-18/h6-12,15H,13-14H2,1-5H3,(H,27,31). The molecule has 0 bridgehead atoms. The highest BCUT2D eigenvalue weighted by Gasteiger charge is 2.31. The average Bonchev–Trinajstić information content (AvgIpc) is 2.71. The van der Waals surface area contributed by atoms with Gasteiger partial charge in [-0.15, -0.1) is 0 Å². The number of sulfonamides is 1. The van der Waals surface area contributed by atoms with Gasteiger partial charge in [-0.2, -0.15) is 0 Å². The van der Waals surface area contributed by atoms with Crippen LogP contribution in [0.1, 0.15) is 33.3 Å². The van der Waals surface area contributed by atoms with Crippen molar-refractivity contribution in [2.24, 2.45) is 0 Å². The lowest BCUT2D eigenvalue weighted by Gasteiger charge is -2.33. The highest BCUT2D eigenvalue weighted by atomic mass is 35.5. The maximum absolute atomic E-state index is 13.6. The maximum atomic E-state index is 13.6. The lowest BCUT2D eigenvalue weighted by molar-refractivity contribution is -0.140. The summed E-state index contributed by atoms with van der Waals surface area (Å²) in [6, 6.07) is 7.70. The van der Waals surface area contributed by atoms with Crippen molar-refractivity contribution in [2.45, 2.75) is 45.8 Å². The Labute approximate surface area is 203 Å². The molecule has 2 aromatic carbocycles. The van der Waals surface area contributed by atoms with E-state index in [1.165, 1.54) is 42.2 Å². The third-order valence-corrected chi connectivity index (χ3v) is 6.23. The van der Waals surface area contributed by atoms with E-state index in [9.17, 15) is 26.8 Å². The molecule has 0 aliphatic rings. The molecule has 0 aromatic heterocycles. The van der Waals surface area contributed by atoms with Gasteiger partial charge in [0.25, 0.3) is 0 Å². The number of halogens is 3. The number of hydrogen-bond acceptors (Lipinski definition) is 4. The zero-order chi connectivity index (χ0) is 25.8. The van der Waals surface area contributed by atoms with Gasteiger partial charge in [0, 0.05) is 12.1 Å². The molecule has 0 heterocycles. The monoisotopic (exact) mass is 515 g/mol. The molecule has 7 nitrogen and oxygen atoms in total. The largest absolute Gasteiger partial charge is 0.350 e. The van der Waals surface area contributed by atoms with Crippen LogP contribution in [0.3, 0.4) is 0 Å². The number of anilines is 1. The lowest BCUT2D eigenvalue weighted by atomic mass is 10.1. The van der Waals surface area contributed by atoms with Gasteiger partial charge in [0.15, 0.2) is 0 Å². The van der Waals surface area contributed by atoms with Crippen molar-refractivity contribution in [3.8, 4) is 0 Å². The van der Waals surface area contributed by atoms with Gasteiger partial charge >= 0.3 is 0 Å². The SMILES string of the molecule is CC(C(=O)NC(C)(C)C)N(Cc1ccc(F)cc1)C(=O)CN(c1ccc(F)c(Cl)c1)S(C)(=O)=O. The normalized spacial score (nSPS) is 12.7. The number of amides is 2. The fraction of sp³-hybridized carbons (Fsp3) is 0.391. The second kappa shape index (κ2) is 10.7. The van der Waals surface area contributed by atoms with Crippen molar-refractivity contribution < 1.29 is 26.8 Å². The molecule has 2 rings (SSSR count). The molecule has 0 spiro atoms. The van der Waals surface area contributed by atoms with E-state index < -0.39 is 51.6 Å². The van der Waals surface area contributed by atoms with Crippen molar-refractivity contribution in [3.63, 3.8) is 0 Å². The van der Waals surface area contributed by atoms with Gasteiger partial charge in [-0.05, 0) is 63.6 Å². The second-order valence-electron chi connectivity index (χ2n) is 8.93. The molecule has 1 atom stereocenters. The Bertz CT molecular complexity index is 1150. The number of rotatable bonds is 8. The highest BCUT2D eigenvalue weighted by molar-refractivity contribution is 7.92. The van der Waals surface area contributed by atoms with Crippen LogP contribution in [0, 0.1) is 11.6 Å². The summed E-state index contributed by atoms with van der Waals surface area (Å²) in [5.74, 6) is -2.34. The summed E-state index contributed by atoms with van der Waals surface area (Å²) in [6.07, 6.45) is 0.900. The van der Waals surface area contributed by atoms with Crippen LogP contribution >= 0.6 is 11.6 Å². The molecule has 1 unspecified atom stereocenters. The minimum atomic E-state index is -3.97. The number of hydrogen-bond donors (Lipinski definition) is 1. The first-order chi connectivity index (χ1) is 15.6. The predicted octanol–water partition coefficient (Wildman–Crippen LogP) is 3.72. The molecular weight excluding hydrogens is 488 g/mol. The first-order valence-electron chi connectivity index (χ1n) is 10.4. The first kappa shape index (κ1) is 27.5. The van der Waals surface area contributed by atoms with Gasteiger partial charge in [0.1, 0.15) is 24.2 Å². The van der Waals surface area contributed by atoms with Crippen molar-refractivity contribution in [3.05, 3.63) is 64.7 Å². The molecule has 34 heavy (non-hydrogen) atoms. The molecule has 0 saturated heterocycles. The quantitative estimate of drug-likeness (QED) is 0.580. The minimum absolute atomic E-state index is 0.00391. The summed E-state index contributed by atoms with van der Waals surface area (Å²) in [5.41, 5.74) is -0.0313. The van der Waals surface area contributed by atoms with Crippen LogP contribution in [0.2, 0.25) is 5.02 Å². The van der Waals surface area contributed by atoms with Gasteiger partial charge < -0.3 is 10.2 Å². The number of nitrogens with one attached hydrogen (secondary N) is 1. The van der Waals surface area contributed by atoms with Crippen molar-refractivity contribution in [1.82, 2.24) is 10.2 Å². The highest BCUT2D eigenvalue weighted by Crippen LogP contribution is 2.25. The van der Waals surface area contributed by atoms with E-state index in [1.807, 2.05) is 0 Å². The Kier molecular flexibility index (Phi) is 8.65. The molecule has 0 saturated carbocycles. The molecule has 0 aliphatic heterocycles. The number of nitrogens with zero attached hydrogens (tertiary/aromatic N) is 2. The first-order valence-corrected chi connectivity index (χ1v) is 12.6. The molecule has 2 amide bonds. The van der Waals surface area contributed by atoms with Crippen molar-refractivity contribution in [1.29, 1.82) is 0 Å². The zero-order valence-electron chi connectivity index (χ0n) is 19.6. The molecule has 2 aromatic rings. The average molecular weight is 516 g/mol. The third-order valence-electron chi connectivity index (χ3n) is 4.80. The van der Waals surface area contributed by atoms with Gasteiger partial charge in [-0.1, -0.05) is 23.7 Å². The molecular formula is C23H28ClF2N3O4S. The summed E-state index contributed by atoms with van der Waals surface area (Å²) in [7, 11) is -3.97. The van der Waals surface area contributed by atoms with Crippen LogP contribution in [-0.2, 0) is 26.2 Å². The van der Waals surface area contributed by atoms with E-state index >= 15 is 0 Å². The molecule has 1 N–H and O–H groups in total. The summed E-state index contributed by atoms with van der Waals surface area (Å²) in [6.45, 7) is 6.14. The minimum Gasteiger partial charge on any atom is -0.350 e. The lowest BCUT2D eigenvalue weighted by Crippen LogP contribution is -2.54. The Morgan fingerprint density at radius 1 is 1.09 bits per heavy atom. The van der Waals surface area contributed by atoms with Gasteiger partial charge in [0.2, 0.25) is 21.8 Å². The smallest absolute Gasteiger partial charge is 0.244 e. The van der Waals surface area contributed by atoms with Crippen LogP contribution in [0.15, 0.2) is 42.5 Å². The summed E-state index contributed by atoms with van der Waals surface area (Å²) in [5, 5.41) is 2.49. The van der Waals surface area contributed by atoms with Crippen molar-refractivity contribution >= 4 is 39.1 Å². The van der Waals surface area contributed by atoms with E-state index in [-0.39, 0.29) is 17.3 Å². The molecule has 11 heteroatoms. The summed E-state index contributed by atoms with van der Waals surface area (Å²) < 4.78 is 52.7. The van der Waals surface area contributed by atoms with Crippen LogP contribution in [0.5, 0.6) is 0 Å². The Morgan fingerprint density at radius 3 is 2.18 bits per heavy atom. The fourth-order valence-electron chi connectivity index (χ4n) is 3.10. The van der Waals surface area contributed by atoms with Crippen LogP contribution in [-0.4, -0.2) is 49.5 Å². The molecule has 186 valence electrons. The van der Waals surface area contributed by atoms with Crippen LogP contribution in [0.4, 0.5) is 14.5 Å². The topological polar surface area (TPSA) is 86.8 Å². The van der Waals surface area contributed by atoms with Gasteiger partial charge in [0.05, 0.1) is 17.0 Å². The van der Waals surface area contributed by atoms with E-state index in [0.29, 0.717) is 5.56 Å². The van der Waals surface area contributed by atoms with E-state index in [1.54, 1.807) is 20.8 Å². The summed E-state index contributed by atoms with van der Waals surface area (Å²) in [4.78, 5) is 27.4. The van der Waals surface area contributed by atoms with E-state index in [2.05, 4.69) is 5.32 Å². The second-order valence-corrected chi connectivity index (χ2v) is 11.2. The maximum Gasteiger partial charge on any atom is 0.244 e. The Morgan fingerprint density at radius 2 is 1.68 bits per heavy atom. The number of carbonyl (C=O) groups excluding carboxylic acids is 2. The molecule has 0 fully saturated rings. The predicted molar refractivity (Wildman–Crippen MR) is 128 cm³/mol. The van der Waals surface area contributed by atoms with Gasteiger partial charge in [-0.3, -0.25) is 13.9 Å². The van der Waals surface area contributed by atoms with Crippen LogP contribution in [0.25, 0.3) is 0 Å². The Balaban J connectivity index is 2.41. The Hall–Kier alpha value is -2.72. The number of benzene rings is 2.